The average molecular weight is 554 g/mol. The fraction of sp³-hybridized carbons (Fsp3) is 0.864. The highest BCUT2D eigenvalue weighted by molar-refractivity contribution is 14.1. The number of halogens is 1. The van der Waals surface area contributed by atoms with Gasteiger partial charge in [-0.25, -0.2) is 13.2 Å². The van der Waals surface area contributed by atoms with Crippen molar-refractivity contribution in [2.75, 3.05) is 5.75 Å². The summed E-state index contributed by atoms with van der Waals surface area (Å²) in [7, 11) is -3.61. The number of carbonyl (C=O) groups is 1. The van der Waals surface area contributed by atoms with Gasteiger partial charge in [0.2, 0.25) is 15.8 Å². The molecule has 2 aliphatic carbocycles. The van der Waals surface area contributed by atoms with Crippen LogP contribution in [0.4, 0.5) is 0 Å². The Kier molecular flexibility index (Phi) is 6.27. The number of sulfonamides is 1. The van der Waals surface area contributed by atoms with Crippen molar-refractivity contribution in [2.45, 2.75) is 97.6 Å². The number of hydrogen-bond donors (Lipinski definition) is 0. The van der Waals surface area contributed by atoms with Crippen LogP contribution in [0.5, 0.6) is 0 Å². The quantitative estimate of drug-likeness (QED) is 0.340. The minimum atomic E-state index is -3.61. The molecule has 3 fully saturated rings. The van der Waals surface area contributed by atoms with Gasteiger partial charge >= 0.3 is 5.97 Å². The van der Waals surface area contributed by atoms with Crippen molar-refractivity contribution < 1.29 is 22.7 Å². The monoisotopic (exact) mass is 553 g/mol. The zero-order valence-corrected chi connectivity index (χ0v) is 22.2. The molecule has 1 heterocycles. The topological polar surface area (TPSA) is 72.9 Å². The molecule has 0 N–H and O–H groups in total. The Morgan fingerprint density at radius 3 is 2.30 bits per heavy atom. The predicted octanol–water partition coefficient (Wildman–Crippen LogP) is 4.63. The summed E-state index contributed by atoms with van der Waals surface area (Å²) >= 11 is 2.12. The molecule has 4 atom stereocenters. The van der Waals surface area contributed by atoms with Crippen molar-refractivity contribution in [1.29, 1.82) is 0 Å². The van der Waals surface area contributed by atoms with Gasteiger partial charge in [0, 0.05) is 24.9 Å². The summed E-state index contributed by atoms with van der Waals surface area (Å²) in [5.74, 6) is -1.38. The van der Waals surface area contributed by atoms with Crippen LogP contribution in [-0.2, 0) is 24.3 Å². The maximum Gasteiger partial charge on any atom is 0.341 e. The van der Waals surface area contributed by atoms with Gasteiger partial charge in [0.15, 0.2) is 5.60 Å². The van der Waals surface area contributed by atoms with Crippen molar-refractivity contribution in [1.82, 2.24) is 4.31 Å². The Morgan fingerprint density at radius 1 is 1.20 bits per heavy atom. The number of hydrogen-bond acceptors (Lipinski definition) is 5. The third-order valence-corrected chi connectivity index (χ3v) is 10.7. The minimum absolute atomic E-state index is 0.0641. The van der Waals surface area contributed by atoms with Crippen molar-refractivity contribution in [3.8, 4) is 0 Å². The predicted molar refractivity (Wildman–Crippen MR) is 126 cm³/mol. The van der Waals surface area contributed by atoms with Crippen LogP contribution in [0.1, 0.15) is 74.1 Å². The highest BCUT2D eigenvalue weighted by atomic mass is 127. The first-order valence-electron chi connectivity index (χ1n) is 10.9. The van der Waals surface area contributed by atoms with E-state index >= 15 is 0 Å². The van der Waals surface area contributed by atoms with E-state index in [0.29, 0.717) is 19.3 Å². The lowest BCUT2D eigenvalue weighted by Crippen LogP contribution is -2.57. The third kappa shape index (κ3) is 3.39. The second kappa shape index (κ2) is 7.70. The Balaban J connectivity index is 2.07. The summed E-state index contributed by atoms with van der Waals surface area (Å²) in [4.78, 5) is 13.0. The summed E-state index contributed by atoms with van der Waals surface area (Å²) in [6.07, 6.45) is 4.48. The van der Waals surface area contributed by atoms with Gasteiger partial charge in [-0.1, -0.05) is 42.5 Å². The van der Waals surface area contributed by atoms with E-state index < -0.39 is 26.8 Å². The standard InChI is InChI=1S/C22H36INO5S/c1-15(2)24(16(3)4)30(26,27)14-21-11-9-17(19(21,5)6)13-22(21)28-18(25)20(7,29-22)10-8-12-23/h8,12,15-17H,9-11,13-14H2,1-7H3/b12-8+/t17-,20-,21+,22-/m1/s1. The van der Waals surface area contributed by atoms with Crippen LogP contribution >= 0.6 is 22.6 Å². The van der Waals surface area contributed by atoms with Gasteiger partial charge in [-0.3, -0.25) is 0 Å². The smallest absolute Gasteiger partial charge is 0.341 e. The van der Waals surface area contributed by atoms with E-state index in [9.17, 15) is 13.2 Å². The number of esters is 1. The summed E-state index contributed by atoms with van der Waals surface area (Å²) in [6.45, 7) is 13.6. The Bertz CT molecular complexity index is 830. The molecule has 6 nitrogen and oxygen atoms in total. The molecular formula is C22H36INO5S. The van der Waals surface area contributed by atoms with E-state index in [-0.39, 0.29) is 35.1 Å². The second-order valence-electron chi connectivity index (χ2n) is 10.6. The third-order valence-electron chi connectivity index (χ3n) is 7.86. The molecule has 3 rings (SSSR count). The molecule has 1 spiro atoms. The van der Waals surface area contributed by atoms with Gasteiger partial charge in [-0.2, -0.15) is 4.31 Å². The molecule has 0 amide bonds. The Labute approximate surface area is 195 Å². The molecule has 0 aromatic rings. The SMILES string of the molecule is CC(C)N(C(C)C)S(=O)(=O)C[C@]12CC[C@H](C[C@]13OC(=O)[C@@](C)(C/C=C/I)O3)C2(C)C. The van der Waals surface area contributed by atoms with Gasteiger partial charge in [0.25, 0.3) is 0 Å². The fourth-order valence-corrected chi connectivity index (χ4v) is 9.45. The van der Waals surface area contributed by atoms with Crippen LogP contribution in [0.25, 0.3) is 0 Å². The number of rotatable bonds is 7. The van der Waals surface area contributed by atoms with Crippen molar-refractivity contribution in [2.24, 2.45) is 16.7 Å². The van der Waals surface area contributed by atoms with E-state index in [1.807, 2.05) is 37.9 Å². The second-order valence-corrected chi connectivity index (χ2v) is 13.2. The van der Waals surface area contributed by atoms with E-state index in [1.54, 1.807) is 11.2 Å². The van der Waals surface area contributed by atoms with Gasteiger partial charge in [-0.05, 0) is 62.9 Å². The van der Waals surface area contributed by atoms with Crippen molar-refractivity contribution >= 4 is 38.6 Å². The Morgan fingerprint density at radius 2 is 1.80 bits per heavy atom. The first kappa shape index (κ1) is 24.5. The van der Waals surface area contributed by atoms with Crippen LogP contribution in [0.15, 0.2) is 10.2 Å². The summed E-state index contributed by atoms with van der Waals surface area (Å²) in [5.41, 5.74) is -2.17. The highest BCUT2D eigenvalue weighted by Crippen LogP contribution is 2.73. The lowest BCUT2D eigenvalue weighted by molar-refractivity contribution is -0.253. The maximum absolute atomic E-state index is 13.7. The molecule has 1 saturated heterocycles. The van der Waals surface area contributed by atoms with Crippen LogP contribution < -0.4 is 0 Å². The average Bonchev–Trinajstić information content (AvgIpc) is 3.04. The molecular weight excluding hydrogens is 517 g/mol. The van der Waals surface area contributed by atoms with E-state index in [2.05, 4.69) is 36.4 Å². The zero-order chi connectivity index (χ0) is 22.8. The molecule has 1 aliphatic heterocycles. The van der Waals surface area contributed by atoms with Crippen molar-refractivity contribution in [3.63, 3.8) is 0 Å². The zero-order valence-electron chi connectivity index (χ0n) is 19.2. The van der Waals surface area contributed by atoms with E-state index in [0.717, 1.165) is 6.42 Å². The number of ether oxygens (including phenoxy) is 2. The molecule has 2 bridgehead atoms. The van der Waals surface area contributed by atoms with Gasteiger partial charge in [-0.15, -0.1) is 0 Å². The van der Waals surface area contributed by atoms with Gasteiger partial charge < -0.3 is 9.47 Å². The van der Waals surface area contributed by atoms with Crippen LogP contribution in [-0.4, -0.2) is 47.9 Å². The number of fused-ring (bicyclic) bond motifs is 3. The van der Waals surface area contributed by atoms with E-state index in [1.165, 1.54) is 0 Å². The lowest BCUT2D eigenvalue weighted by Gasteiger charge is -2.47. The molecule has 0 aromatic heterocycles. The molecule has 172 valence electrons. The summed E-state index contributed by atoms with van der Waals surface area (Å²) in [5, 5.41) is 0. The van der Waals surface area contributed by atoms with Crippen LogP contribution in [0.3, 0.4) is 0 Å². The molecule has 30 heavy (non-hydrogen) atoms. The highest BCUT2D eigenvalue weighted by Gasteiger charge is 2.79. The lowest BCUT2D eigenvalue weighted by atomic mass is 9.68. The number of carbonyl (C=O) groups excluding carboxylic acids is 1. The van der Waals surface area contributed by atoms with Crippen LogP contribution in [0, 0.1) is 16.7 Å². The van der Waals surface area contributed by atoms with Gasteiger partial charge in [0.1, 0.15) is 0 Å². The molecule has 2 saturated carbocycles. The largest absolute Gasteiger partial charge is 0.430 e. The summed E-state index contributed by atoms with van der Waals surface area (Å²) in [6, 6.07) is -0.287. The minimum Gasteiger partial charge on any atom is -0.430 e. The van der Waals surface area contributed by atoms with Crippen LogP contribution in [0.2, 0.25) is 0 Å². The molecule has 3 aliphatic rings. The Hall–Kier alpha value is -0.190. The maximum atomic E-state index is 13.7. The first-order valence-corrected chi connectivity index (χ1v) is 13.7. The van der Waals surface area contributed by atoms with Crippen molar-refractivity contribution in [3.05, 3.63) is 10.2 Å². The molecule has 0 aromatic carbocycles. The molecule has 0 radical (unpaired) electrons. The normalized spacial score (nSPS) is 38.1. The fourth-order valence-electron chi connectivity index (χ4n) is 6.40. The number of nitrogens with zero attached hydrogens (tertiary/aromatic N) is 1. The molecule has 8 heteroatoms. The summed E-state index contributed by atoms with van der Waals surface area (Å²) < 4.78 is 43.5. The first-order chi connectivity index (χ1) is 13.7. The molecule has 0 unspecified atom stereocenters. The van der Waals surface area contributed by atoms with E-state index in [4.69, 9.17) is 9.47 Å². The van der Waals surface area contributed by atoms with Gasteiger partial charge in [0.05, 0.1) is 11.2 Å².